The molecule has 88 valence electrons. The van der Waals surface area contributed by atoms with E-state index in [9.17, 15) is 4.79 Å². The molecule has 0 fully saturated rings. The van der Waals surface area contributed by atoms with Crippen LogP contribution >= 0.6 is 0 Å². The molecule has 0 radical (unpaired) electrons. The van der Waals surface area contributed by atoms with Crippen LogP contribution in [-0.2, 0) is 0 Å². The van der Waals surface area contributed by atoms with Crippen molar-refractivity contribution in [2.45, 2.75) is 13.0 Å². The van der Waals surface area contributed by atoms with Crippen molar-refractivity contribution in [2.75, 3.05) is 5.73 Å². The number of nitrogens with two attached hydrogens (primary N) is 1. The average molecular weight is 229 g/mol. The normalized spacial score (nSPS) is 12.1. The van der Waals surface area contributed by atoms with Crippen molar-refractivity contribution in [1.29, 1.82) is 0 Å². The van der Waals surface area contributed by atoms with Crippen LogP contribution in [0.25, 0.3) is 0 Å². The van der Waals surface area contributed by atoms with Crippen LogP contribution in [0.5, 0.6) is 0 Å². The number of hydrogen-bond acceptors (Lipinski definition) is 2. The summed E-state index contributed by atoms with van der Waals surface area (Å²) in [4.78, 5) is 14.7. The Labute approximate surface area is 99.8 Å². The highest BCUT2D eigenvalue weighted by Crippen LogP contribution is 2.14. The Balaban J connectivity index is 2.04. The number of H-pyrrole nitrogens is 1. The largest absolute Gasteiger partial charge is 0.399 e. The zero-order valence-electron chi connectivity index (χ0n) is 9.60. The molecule has 17 heavy (non-hydrogen) atoms. The van der Waals surface area contributed by atoms with E-state index in [1.54, 1.807) is 18.3 Å². The van der Waals surface area contributed by atoms with Crippen molar-refractivity contribution in [3.05, 3.63) is 53.9 Å². The van der Waals surface area contributed by atoms with Gasteiger partial charge in [0.05, 0.1) is 6.04 Å². The number of amides is 1. The van der Waals surface area contributed by atoms with E-state index in [0.29, 0.717) is 5.69 Å². The molecular formula is C13H15N3O. The molecule has 4 heteroatoms. The molecule has 0 saturated carbocycles. The minimum atomic E-state index is -0.112. The Morgan fingerprint density at radius 1 is 1.29 bits per heavy atom. The smallest absolute Gasteiger partial charge is 0.268 e. The summed E-state index contributed by atoms with van der Waals surface area (Å²) in [7, 11) is 0. The van der Waals surface area contributed by atoms with E-state index in [0.717, 1.165) is 11.3 Å². The first-order chi connectivity index (χ1) is 8.16. The van der Waals surface area contributed by atoms with Gasteiger partial charge in [-0.1, -0.05) is 12.1 Å². The molecule has 4 nitrogen and oxygen atoms in total. The molecule has 2 rings (SSSR count). The standard InChI is InChI=1S/C13H15N3O/c1-9(10-4-6-11(14)7-5-10)16-13(17)12-3-2-8-15-12/h2-9,15H,14H2,1H3,(H,16,17). The van der Waals surface area contributed by atoms with Crippen LogP contribution in [0.15, 0.2) is 42.6 Å². The Kier molecular flexibility index (Phi) is 3.14. The van der Waals surface area contributed by atoms with Crippen molar-refractivity contribution in [1.82, 2.24) is 10.3 Å². The van der Waals surface area contributed by atoms with Gasteiger partial charge in [-0.2, -0.15) is 0 Å². The number of carbonyl (C=O) groups excluding carboxylic acids is 1. The van der Waals surface area contributed by atoms with Crippen LogP contribution in [0.3, 0.4) is 0 Å². The van der Waals surface area contributed by atoms with E-state index in [-0.39, 0.29) is 11.9 Å². The van der Waals surface area contributed by atoms with Gasteiger partial charge in [-0.15, -0.1) is 0 Å². The number of carbonyl (C=O) groups is 1. The predicted molar refractivity (Wildman–Crippen MR) is 67.5 cm³/mol. The Hall–Kier alpha value is -2.23. The molecule has 0 aliphatic heterocycles. The van der Waals surface area contributed by atoms with Gasteiger partial charge >= 0.3 is 0 Å². The van der Waals surface area contributed by atoms with Crippen LogP contribution in [-0.4, -0.2) is 10.9 Å². The monoisotopic (exact) mass is 229 g/mol. The lowest BCUT2D eigenvalue weighted by Gasteiger charge is -2.13. The highest BCUT2D eigenvalue weighted by molar-refractivity contribution is 5.92. The van der Waals surface area contributed by atoms with E-state index >= 15 is 0 Å². The molecule has 1 aromatic heterocycles. The molecule has 4 N–H and O–H groups in total. The molecule has 0 aliphatic carbocycles. The lowest BCUT2D eigenvalue weighted by atomic mass is 10.1. The highest BCUT2D eigenvalue weighted by atomic mass is 16.1. The first-order valence-corrected chi connectivity index (χ1v) is 5.46. The van der Waals surface area contributed by atoms with Crippen LogP contribution in [0.4, 0.5) is 5.69 Å². The third kappa shape index (κ3) is 2.66. The summed E-state index contributed by atoms with van der Waals surface area (Å²) in [5.41, 5.74) is 7.92. The fourth-order valence-electron chi connectivity index (χ4n) is 1.61. The van der Waals surface area contributed by atoms with Gasteiger partial charge in [-0.3, -0.25) is 4.79 Å². The Bertz CT molecular complexity index is 488. The Morgan fingerprint density at radius 2 is 2.00 bits per heavy atom. The maximum atomic E-state index is 11.8. The topological polar surface area (TPSA) is 70.9 Å². The molecule has 2 aromatic rings. The van der Waals surface area contributed by atoms with Crippen LogP contribution < -0.4 is 11.1 Å². The van der Waals surface area contributed by atoms with E-state index in [2.05, 4.69) is 10.3 Å². The van der Waals surface area contributed by atoms with Gasteiger partial charge in [0.1, 0.15) is 5.69 Å². The number of rotatable bonds is 3. The van der Waals surface area contributed by atoms with E-state index in [1.807, 2.05) is 31.2 Å². The third-order valence-electron chi connectivity index (χ3n) is 2.63. The van der Waals surface area contributed by atoms with Gasteiger partial charge in [0, 0.05) is 11.9 Å². The molecule has 1 atom stereocenters. The van der Waals surface area contributed by atoms with Crippen molar-refractivity contribution >= 4 is 11.6 Å². The number of nitrogens with one attached hydrogen (secondary N) is 2. The maximum absolute atomic E-state index is 11.8. The molecule has 1 amide bonds. The average Bonchev–Trinajstić information content (AvgIpc) is 2.83. The predicted octanol–water partition coefficient (Wildman–Crippen LogP) is 2.09. The summed E-state index contributed by atoms with van der Waals surface area (Å²) in [6.45, 7) is 1.94. The lowest BCUT2D eigenvalue weighted by Crippen LogP contribution is -2.26. The van der Waals surface area contributed by atoms with Crippen molar-refractivity contribution in [3.8, 4) is 0 Å². The lowest BCUT2D eigenvalue weighted by molar-refractivity contribution is 0.0935. The molecule has 1 aromatic carbocycles. The zero-order chi connectivity index (χ0) is 12.3. The van der Waals surface area contributed by atoms with Gasteiger partial charge in [0.2, 0.25) is 0 Å². The molecule has 1 unspecified atom stereocenters. The van der Waals surface area contributed by atoms with E-state index in [1.165, 1.54) is 0 Å². The van der Waals surface area contributed by atoms with Gasteiger partial charge in [-0.05, 0) is 36.8 Å². The van der Waals surface area contributed by atoms with Crippen LogP contribution in [0, 0.1) is 0 Å². The fraction of sp³-hybridized carbons (Fsp3) is 0.154. The summed E-state index contributed by atoms with van der Waals surface area (Å²) in [5, 5.41) is 2.91. The van der Waals surface area contributed by atoms with Crippen LogP contribution in [0.1, 0.15) is 29.0 Å². The first kappa shape index (κ1) is 11.3. The quantitative estimate of drug-likeness (QED) is 0.705. The number of aromatic amines is 1. The number of aromatic nitrogens is 1. The maximum Gasteiger partial charge on any atom is 0.268 e. The van der Waals surface area contributed by atoms with Gasteiger partial charge in [0.15, 0.2) is 0 Å². The van der Waals surface area contributed by atoms with Gasteiger partial charge < -0.3 is 16.0 Å². The number of benzene rings is 1. The van der Waals surface area contributed by atoms with Crippen LogP contribution in [0.2, 0.25) is 0 Å². The summed E-state index contributed by atoms with van der Waals surface area (Å²) in [6, 6.07) is 11.0. The molecular weight excluding hydrogens is 214 g/mol. The summed E-state index contributed by atoms with van der Waals surface area (Å²) in [6.07, 6.45) is 1.72. The summed E-state index contributed by atoms with van der Waals surface area (Å²) >= 11 is 0. The second kappa shape index (κ2) is 4.74. The second-order valence-corrected chi connectivity index (χ2v) is 3.95. The fourth-order valence-corrected chi connectivity index (χ4v) is 1.61. The Morgan fingerprint density at radius 3 is 2.59 bits per heavy atom. The second-order valence-electron chi connectivity index (χ2n) is 3.95. The minimum absolute atomic E-state index is 0.0496. The highest BCUT2D eigenvalue weighted by Gasteiger charge is 2.11. The summed E-state index contributed by atoms with van der Waals surface area (Å²) in [5.74, 6) is -0.112. The third-order valence-corrected chi connectivity index (χ3v) is 2.63. The van der Waals surface area contributed by atoms with Crippen molar-refractivity contribution in [2.24, 2.45) is 0 Å². The SMILES string of the molecule is CC(NC(=O)c1ccc[nH]1)c1ccc(N)cc1. The molecule has 0 aliphatic rings. The zero-order valence-corrected chi connectivity index (χ0v) is 9.60. The molecule has 0 saturated heterocycles. The molecule has 0 spiro atoms. The van der Waals surface area contributed by atoms with E-state index < -0.39 is 0 Å². The number of nitrogen functional groups attached to an aromatic ring is 1. The first-order valence-electron chi connectivity index (χ1n) is 5.46. The number of anilines is 1. The van der Waals surface area contributed by atoms with Gasteiger partial charge in [-0.25, -0.2) is 0 Å². The summed E-state index contributed by atoms with van der Waals surface area (Å²) < 4.78 is 0. The molecule has 0 bridgehead atoms. The minimum Gasteiger partial charge on any atom is -0.399 e. The number of hydrogen-bond donors (Lipinski definition) is 3. The van der Waals surface area contributed by atoms with Crippen molar-refractivity contribution in [3.63, 3.8) is 0 Å². The van der Waals surface area contributed by atoms with Gasteiger partial charge in [0.25, 0.3) is 5.91 Å². The van der Waals surface area contributed by atoms with E-state index in [4.69, 9.17) is 5.73 Å². The van der Waals surface area contributed by atoms with Crippen molar-refractivity contribution < 1.29 is 4.79 Å². The molecule has 1 heterocycles.